The quantitative estimate of drug-likeness (QED) is 0.419. The van der Waals surface area contributed by atoms with Crippen molar-refractivity contribution in [3.8, 4) is 0 Å². The van der Waals surface area contributed by atoms with Gasteiger partial charge in [0.25, 0.3) is 0 Å². The first-order chi connectivity index (χ1) is 11.3. The summed E-state index contributed by atoms with van der Waals surface area (Å²) in [5.41, 5.74) is 0. The molecule has 0 heterocycles. The van der Waals surface area contributed by atoms with Crippen molar-refractivity contribution in [2.45, 2.75) is 103 Å². The fraction of sp³-hybridized carbons (Fsp3) is 0.909. The van der Waals surface area contributed by atoms with E-state index in [1.54, 1.807) is 0 Å². The standard InChI is InChI=1S/C22H40O/c1-3-5-6-7-8-19-9-11-20(12-10-19)13-14-21-15-17-22(18-16-21)23-4-2/h5-6,19-22H,3-4,7-18H2,1-2H3/b6-5+. The first-order valence-electron chi connectivity index (χ1n) is 10.6. The summed E-state index contributed by atoms with van der Waals surface area (Å²) in [7, 11) is 0. The summed E-state index contributed by atoms with van der Waals surface area (Å²) < 4.78 is 5.78. The molecule has 0 aromatic rings. The van der Waals surface area contributed by atoms with Gasteiger partial charge < -0.3 is 4.74 Å². The minimum absolute atomic E-state index is 0.577. The molecule has 23 heavy (non-hydrogen) atoms. The normalized spacial score (nSPS) is 32.4. The van der Waals surface area contributed by atoms with Crippen molar-refractivity contribution in [2.75, 3.05) is 6.61 Å². The van der Waals surface area contributed by atoms with Gasteiger partial charge in [-0.1, -0.05) is 57.6 Å². The van der Waals surface area contributed by atoms with Crippen molar-refractivity contribution < 1.29 is 4.74 Å². The summed E-state index contributed by atoms with van der Waals surface area (Å²) in [6.45, 7) is 5.25. The van der Waals surface area contributed by atoms with E-state index in [2.05, 4.69) is 26.0 Å². The zero-order valence-electron chi connectivity index (χ0n) is 15.8. The molecule has 0 bridgehead atoms. The van der Waals surface area contributed by atoms with Crippen LogP contribution in [0.3, 0.4) is 0 Å². The lowest BCUT2D eigenvalue weighted by Gasteiger charge is -2.32. The largest absolute Gasteiger partial charge is 0.379 e. The van der Waals surface area contributed by atoms with E-state index in [0.29, 0.717) is 6.10 Å². The van der Waals surface area contributed by atoms with Crippen molar-refractivity contribution >= 4 is 0 Å². The number of hydrogen-bond acceptors (Lipinski definition) is 1. The lowest BCUT2D eigenvalue weighted by Crippen LogP contribution is -2.22. The van der Waals surface area contributed by atoms with E-state index in [-0.39, 0.29) is 0 Å². The van der Waals surface area contributed by atoms with E-state index >= 15 is 0 Å². The maximum atomic E-state index is 5.78. The molecule has 0 spiro atoms. The number of hydrogen-bond donors (Lipinski definition) is 0. The highest BCUT2D eigenvalue weighted by molar-refractivity contribution is 4.82. The molecule has 2 saturated carbocycles. The highest BCUT2D eigenvalue weighted by atomic mass is 16.5. The number of rotatable bonds is 9. The minimum atomic E-state index is 0.577. The molecule has 1 nitrogen and oxygen atoms in total. The van der Waals surface area contributed by atoms with Crippen LogP contribution in [-0.4, -0.2) is 12.7 Å². The average molecular weight is 321 g/mol. The van der Waals surface area contributed by atoms with Gasteiger partial charge in [-0.2, -0.15) is 0 Å². The Hall–Kier alpha value is -0.300. The maximum Gasteiger partial charge on any atom is 0.0575 e. The van der Waals surface area contributed by atoms with Crippen molar-refractivity contribution in [3.63, 3.8) is 0 Å². The molecule has 0 N–H and O–H groups in total. The fourth-order valence-electron chi connectivity index (χ4n) is 4.72. The second-order valence-electron chi connectivity index (χ2n) is 8.02. The summed E-state index contributed by atoms with van der Waals surface area (Å²) in [6, 6.07) is 0. The third-order valence-electron chi connectivity index (χ3n) is 6.29. The van der Waals surface area contributed by atoms with Crippen LogP contribution < -0.4 is 0 Å². The Bertz CT molecular complexity index is 306. The van der Waals surface area contributed by atoms with Gasteiger partial charge in [-0.25, -0.2) is 0 Å². The smallest absolute Gasteiger partial charge is 0.0575 e. The lowest BCUT2D eigenvalue weighted by atomic mass is 9.76. The van der Waals surface area contributed by atoms with Gasteiger partial charge >= 0.3 is 0 Å². The third-order valence-corrected chi connectivity index (χ3v) is 6.29. The summed E-state index contributed by atoms with van der Waals surface area (Å²) in [4.78, 5) is 0. The van der Waals surface area contributed by atoms with Gasteiger partial charge in [0.2, 0.25) is 0 Å². The van der Waals surface area contributed by atoms with Gasteiger partial charge in [0.1, 0.15) is 0 Å². The van der Waals surface area contributed by atoms with Gasteiger partial charge in [-0.05, 0) is 69.6 Å². The van der Waals surface area contributed by atoms with Crippen LogP contribution in [0.1, 0.15) is 97.3 Å². The molecule has 0 aromatic carbocycles. The molecule has 0 unspecified atom stereocenters. The number of allylic oxidation sites excluding steroid dienone is 2. The first-order valence-corrected chi connectivity index (χ1v) is 10.6. The Morgan fingerprint density at radius 3 is 1.74 bits per heavy atom. The Balaban J connectivity index is 1.52. The van der Waals surface area contributed by atoms with Crippen LogP contribution >= 0.6 is 0 Å². The summed E-state index contributed by atoms with van der Waals surface area (Å²) in [5.74, 6) is 3.07. The van der Waals surface area contributed by atoms with Crippen molar-refractivity contribution in [3.05, 3.63) is 12.2 Å². The van der Waals surface area contributed by atoms with Gasteiger partial charge in [0.15, 0.2) is 0 Å². The maximum absolute atomic E-state index is 5.78. The molecular formula is C22H40O. The zero-order chi connectivity index (χ0) is 16.3. The van der Waals surface area contributed by atoms with Crippen molar-refractivity contribution in [1.82, 2.24) is 0 Å². The van der Waals surface area contributed by atoms with Crippen LogP contribution in [0.15, 0.2) is 12.2 Å². The summed E-state index contributed by atoms with van der Waals surface area (Å²) >= 11 is 0. The molecule has 0 aliphatic heterocycles. The third kappa shape index (κ3) is 7.42. The van der Waals surface area contributed by atoms with Gasteiger partial charge in [-0.3, -0.25) is 0 Å². The number of ether oxygens (including phenoxy) is 1. The highest BCUT2D eigenvalue weighted by Gasteiger charge is 2.24. The molecule has 0 amide bonds. The molecule has 1 heteroatoms. The molecule has 2 fully saturated rings. The van der Waals surface area contributed by atoms with Crippen LogP contribution in [0.25, 0.3) is 0 Å². The molecular weight excluding hydrogens is 280 g/mol. The molecule has 2 rings (SSSR count). The lowest BCUT2D eigenvalue weighted by molar-refractivity contribution is 0.0238. The van der Waals surface area contributed by atoms with Crippen molar-refractivity contribution in [1.29, 1.82) is 0 Å². The Labute approximate surface area is 145 Å². The molecule has 2 aliphatic rings. The fourth-order valence-corrected chi connectivity index (χ4v) is 4.72. The average Bonchev–Trinajstić information content (AvgIpc) is 2.59. The molecule has 0 saturated heterocycles. The predicted molar refractivity (Wildman–Crippen MR) is 101 cm³/mol. The van der Waals surface area contributed by atoms with Crippen LogP contribution in [0, 0.1) is 17.8 Å². The Kier molecular flexibility index (Phi) is 9.34. The van der Waals surface area contributed by atoms with Crippen LogP contribution in [0.2, 0.25) is 0 Å². The van der Waals surface area contributed by atoms with Crippen LogP contribution in [0.5, 0.6) is 0 Å². The first kappa shape index (κ1) is 19.0. The monoisotopic (exact) mass is 320 g/mol. The van der Waals surface area contributed by atoms with E-state index in [9.17, 15) is 0 Å². The highest BCUT2D eigenvalue weighted by Crippen LogP contribution is 2.37. The van der Waals surface area contributed by atoms with Crippen LogP contribution in [-0.2, 0) is 4.74 Å². The molecule has 0 radical (unpaired) electrons. The van der Waals surface area contributed by atoms with Gasteiger partial charge in [0.05, 0.1) is 6.10 Å². The van der Waals surface area contributed by atoms with Crippen molar-refractivity contribution in [2.24, 2.45) is 17.8 Å². The van der Waals surface area contributed by atoms with E-state index in [4.69, 9.17) is 4.74 Å². The minimum Gasteiger partial charge on any atom is -0.379 e. The molecule has 134 valence electrons. The Morgan fingerprint density at radius 2 is 1.22 bits per heavy atom. The predicted octanol–water partition coefficient (Wildman–Crippen LogP) is 6.91. The second-order valence-corrected chi connectivity index (χ2v) is 8.02. The SMILES string of the molecule is CC/C=C/CCC1CCC(CCC2CCC(OCC)CC2)CC1. The molecule has 0 atom stereocenters. The van der Waals surface area contributed by atoms with Gasteiger partial charge in [-0.15, -0.1) is 0 Å². The summed E-state index contributed by atoms with van der Waals surface area (Å²) in [6.07, 6.45) is 23.7. The zero-order valence-corrected chi connectivity index (χ0v) is 15.8. The Morgan fingerprint density at radius 1 is 0.696 bits per heavy atom. The topological polar surface area (TPSA) is 9.23 Å². The summed E-state index contributed by atoms with van der Waals surface area (Å²) in [5, 5.41) is 0. The molecule has 2 aliphatic carbocycles. The van der Waals surface area contributed by atoms with Gasteiger partial charge in [0, 0.05) is 6.61 Å². The van der Waals surface area contributed by atoms with E-state index < -0.39 is 0 Å². The van der Waals surface area contributed by atoms with E-state index in [0.717, 1.165) is 24.4 Å². The van der Waals surface area contributed by atoms with E-state index in [1.165, 1.54) is 83.5 Å². The second kappa shape index (κ2) is 11.3. The van der Waals surface area contributed by atoms with Crippen LogP contribution in [0.4, 0.5) is 0 Å². The van der Waals surface area contributed by atoms with E-state index in [1.807, 2.05) is 0 Å². The molecule has 0 aromatic heterocycles.